The second-order valence-electron chi connectivity index (χ2n) is 7.70. The first-order chi connectivity index (χ1) is 16.5. The minimum Gasteiger partial charge on any atom is -0.454 e. The number of fused-ring (bicyclic) bond motifs is 2. The Morgan fingerprint density at radius 2 is 1.74 bits per heavy atom. The van der Waals surface area contributed by atoms with Gasteiger partial charge in [-0.25, -0.2) is 4.79 Å². The Hall–Kier alpha value is -4.37. The van der Waals surface area contributed by atoms with E-state index in [0.29, 0.717) is 44.4 Å². The molecule has 6 rings (SSSR count). The lowest BCUT2D eigenvalue weighted by atomic mass is 10.1. The second-order valence-corrected chi connectivity index (χ2v) is 8.14. The summed E-state index contributed by atoms with van der Waals surface area (Å²) < 4.78 is 17.3. The van der Waals surface area contributed by atoms with Crippen molar-refractivity contribution < 1.29 is 14.0 Å². The summed E-state index contributed by atoms with van der Waals surface area (Å²) in [5.74, 6) is 1.90. The topological polar surface area (TPSA) is 112 Å². The Morgan fingerprint density at radius 3 is 2.59 bits per heavy atom. The normalized spacial score (nSPS) is 12.4. The van der Waals surface area contributed by atoms with E-state index < -0.39 is 11.2 Å². The summed E-state index contributed by atoms with van der Waals surface area (Å²) in [5, 5.41) is 4.99. The number of ether oxygens (including phenoxy) is 2. The van der Waals surface area contributed by atoms with Crippen molar-refractivity contribution >= 4 is 22.5 Å². The average molecular weight is 475 g/mol. The highest BCUT2D eigenvalue weighted by atomic mass is 35.5. The fourth-order valence-electron chi connectivity index (χ4n) is 3.80. The molecule has 168 valence electrons. The molecule has 0 amide bonds. The Morgan fingerprint density at radius 1 is 0.941 bits per heavy atom. The van der Waals surface area contributed by atoms with Gasteiger partial charge in [-0.15, -0.1) is 0 Å². The van der Waals surface area contributed by atoms with Gasteiger partial charge in [-0.05, 0) is 54.1 Å². The third kappa shape index (κ3) is 3.52. The lowest BCUT2D eigenvalue weighted by Crippen LogP contribution is -2.35. The van der Waals surface area contributed by atoms with Crippen LogP contribution in [-0.4, -0.2) is 26.5 Å². The van der Waals surface area contributed by atoms with Crippen LogP contribution in [0.2, 0.25) is 5.02 Å². The minimum atomic E-state index is -0.517. The van der Waals surface area contributed by atoms with Crippen LogP contribution in [-0.2, 0) is 6.54 Å². The molecule has 34 heavy (non-hydrogen) atoms. The van der Waals surface area contributed by atoms with Crippen molar-refractivity contribution in [2.75, 3.05) is 6.79 Å². The van der Waals surface area contributed by atoms with Gasteiger partial charge in [0, 0.05) is 16.1 Å². The molecule has 0 atom stereocenters. The molecule has 3 heterocycles. The Bertz CT molecular complexity index is 1670. The van der Waals surface area contributed by atoms with Crippen LogP contribution in [0.25, 0.3) is 33.7 Å². The number of nitrogens with zero attached hydrogens (tertiary/aromatic N) is 3. The van der Waals surface area contributed by atoms with Crippen LogP contribution in [0.4, 0.5) is 0 Å². The number of aromatic nitrogens is 4. The van der Waals surface area contributed by atoms with Crippen LogP contribution in [0.1, 0.15) is 5.56 Å². The Balaban J connectivity index is 1.34. The third-order valence-electron chi connectivity index (χ3n) is 5.54. The molecule has 9 nitrogen and oxygen atoms in total. The number of hydrogen-bond donors (Lipinski definition) is 1. The molecule has 0 spiro atoms. The van der Waals surface area contributed by atoms with E-state index in [1.807, 2.05) is 6.07 Å². The molecule has 0 saturated heterocycles. The van der Waals surface area contributed by atoms with Gasteiger partial charge >= 0.3 is 5.69 Å². The van der Waals surface area contributed by atoms with Gasteiger partial charge in [0.25, 0.3) is 11.4 Å². The first kappa shape index (κ1) is 20.3. The summed E-state index contributed by atoms with van der Waals surface area (Å²) in [5.41, 5.74) is 1.52. The first-order valence-electron chi connectivity index (χ1n) is 10.3. The van der Waals surface area contributed by atoms with Gasteiger partial charge in [0.05, 0.1) is 17.4 Å². The van der Waals surface area contributed by atoms with Crippen LogP contribution in [0.15, 0.2) is 74.8 Å². The molecule has 0 unspecified atom stereocenters. The number of rotatable bonds is 4. The standard InChI is InChI=1S/C24H15ClN4O5/c25-16-5-1-13(2-6-16)11-29-23(30)17-7-3-15(9-18(17)26-24(29)31)22-27-21(28-34-22)14-4-8-19-20(10-14)33-12-32-19/h1-10H,11-12H2,(H,26,31). The van der Waals surface area contributed by atoms with Crippen LogP contribution in [0, 0.1) is 0 Å². The van der Waals surface area contributed by atoms with E-state index in [-0.39, 0.29) is 19.2 Å². The number of aromatic amines is 1. The number of H-pyrrole nitrogens is 1. The predicted molar refractivity (Wildman–Crippen MR) is 124 cm³/mol. The summed E-state index contributed by atoms with van der Waals surface area (Å²) in [6.45, 7) is 0.304. The van der Waals surface area contributed by atoms with Gasteiger partial charge in [0.1, 0.15) is 0 Å². The van der Waals surface area contributed by atoms with Crippen molar-refractivity contribution in [3.8, 4) is 34.3 Å². The molecule has 0 fully saturated rings. The second kappa shape index (κ2) is 7.89. The average Bonchev–Trinajstić information content (AvgIpc) is 3.52. The lowest BCUT2D eigenvalue weighted by molar-refractivity contribution is 0.174. The van der Waals surface area contributed by atoms with Crippen molar-refractivity contribution in [1.82, 2.24) is 19.7 Å². The van der Waals surface area contributed by atoms with Crippen LogP contribution in [0.3, 0.4) is 0 Å². The highest BCUT2D eigenvalue weighted by Crippen LogP contribution is 2.35. The summed E-state index contributed by atoms with van der Waals surface area (Å²) in [6.07, 6.45) is 0. The fourth-order valence-corrected chi connectivity index (χ4v) is 3.92. The first-order valence-corrected chi connectivity index (χ1v) is 10.7. The van der Waals surface area contributed by atoms with E-state index in [1.165, 1.54) is 0 Å². The fraction of sp³-hybridized carbons (Fsp3) is 0.0833. The van der Waals surface area contributed by atoms with E-state index in [9.17, 15) is 9.59 Å². The van der Waals surface area contributed by atoms with Crippen molar-refractivity contribution in [2.45, 2.75) is 6.54 Å². The molecule has 1 N–H and O–H groups in total. The summed E-state index contributed by atoms with van der Waals surface area (Å²) >= 11 is 5.91. The molecule has 5 aromatic rings. The third-order valence-corrected chi connectivity index (χ3v) is 5.79. The molecule has 0 bridgehead atoms. The smallest absolute Gasteiger partial charge is 0.329 e. The van der Waals surface area contributed by atoms with Crippen molar-refractivity contribution in [2.24, 2.45) is 0 Å². The maximum atomic E-state index is 13.0. The van der Waals surface area contributed by atoms with Crippen LogP contribution in [0.5, 0.6) is 11.5 Å². The minimum absolute atomic E-state index is 0.131. The molecule has 1 aliphatic heterocycles. The zero-order valence-electron chi connectivity index (χ0n) is 17.4. The van der Waals surface area contributed by atoms with E-state index in [1.54, 1.807) is 54.6 Å². The largest absolute Gasteiger partial charge is 0.454 e. The predicted octanol–water partition coefficient (Wildman–Crippen LogP) is 3.84. The molecule has 3 aromatic carbocycles. The van der Waals surface area contributed by atoms with E-state index in [2.05, 4.69) is 15.1 Å². The number of benzene rings is 3. The zero-order chi connectivity index (χ0) is 23.2. The highest BCUT2D eigenvalue weighted by Gasteiger charge is 2.18. The SMILES string of the molecule is O=c1[nH]c2cc(-c3nc(-c4ccc5c(c4)OCO5)no3)ccc2c(=O)n1Cc1ccc(Cl)cc1. The van der Waals surface area contributed by atoms with Gasteiger partial charge in [0.2, 0.25) is 12.6 Å². The van der Waals surface area contributed by atoms with Crippen LogP contribution < -0.4 is 20.7 Å². The maximum Gasteiger partial charge on any atom is 0.329 e. The van der Waals surface area contributed by atoms with Gasteiger partial charge < -0.3 is 19.0 Å². The Kier molecular flexibility index (Phi) is 4.70. The van der Waals surface area contributed by atoms with Gasteiger partial charge in [-0.1, -0.05) is 28.9 Å². The van der Waals surface area contributed by atoms with E-state index in [0.717, 1.165) is 10.1 Å². The van der Waals surface area contributed by atoms with Gasteiger partial charge in [-0.3, -0.25) is 9.36 Å². The quantitative estimate of drug-likeness (QED) is 0.421. The van der Waals surface area contributed by atoms with Crippen LogP contribution >= 0.6 is 11.6 Å². The van der Waals surface area contributed by atoms with E-state index in [4.69, 9.17) is 25.6 Å². The summed E-state index contributed by atoms with van der Waals surface area (Å²) in [6, 6.07) is 17.3. The highest BCUT2D eigenvalue weighted by molar-refractivity contribution is 6.30. The molecule has 0 aliphatic carbocycles. The van der Waals surface area contributed by atoms with Gasteiger partial charge in [-0.2, -0.15) is 4.98 Å². The molecule has 1 aliphatic rings. The number of hydrogen-bond acceptors (Lipinski definition) is 7. The molecule has 2 aromatic heterocycles. The summed E-state index contributed by atoms with van der Waals surface area (Å²) in [7, 11) is 0. The van der Waals surface area contributed by atoms with Crippen molar-refractivity contribution in [3.05, 3.63) is 92.1 Å². The van der Waals surface area contributed by atoms with E-state index >= 15 is 0 Å². The van der Waals surface area contributed by atoms with Crippen molar-refractivity contribution in [1.29, 1.82) is 0 Å². The molecule has 0 radical (unpaired) electrons. The molecule has 0 saturated carbocycles. The molecular formula is C24H15ClN4O5. The molecular weight excluding hydrogens is 460 g/mol. The summed E-state index contributed by atoms with van der Waals surface area (Å²) in [4.78, 5) is 32.9. The monoisotopic (exact) mass is 474 g/mol. The number of halogens is 1. The van der Waals surface area contributed by atoms with Gasteiger partial charge in [0.15, 0.2) is 11.5 Å². The number of nitrogens with one attached hydrogen (secondary N) is 1. The Labute approximate surface area is 196 Å². The molecule has 10 heteroatoms. The lowest BCUT2D eigenvalue weighted by Gasteiger charge is -2.07. The maximum absolute atomic E-state index is 13.0. The van der Waals surface area contributed by atoms with Crippen molar-refractivity contribution in [3.63, 3.8) is 0 Å². The zero-order valence-corrected chi connectivity index (χ0v) is 18.2.